The fraction of sp³-hybridized carbons (Fsp3) is 0.462. The number of amides is 1. The summed E-state index contributed by atoms with van der Waals surface area (Å²) >= 11 is 0. The van der Waals surface area contributed by atoms with E-state index in [1.165, 1.54) is 0 Å². The van der Waals surface area contributed by atoms with E-state index in [4.69, 9.17) is 5.11 Å². The minimum absolute atomic E-state index is 0.0576. The third kappa shape index (κ3) is 3.54. The summed E-state index contributed by atoms with van der Waals surface area (Å²) < 4.78 is 0. The van der Waals surface area contributed by atoms with Gasteiger partial charge in [0.05, 0.1) is 12.7 Å². The molecule has 1 aromatic carbocycles. The predicted octanol–water partition coefficient (Wildman–Crippen LogP) is 0.695. The number of hydrogen-bond donors (Lipinski definition) is 3. The molecule has 1 aromatic rings. The van der Waals surface area contributed by atoms with Gasteiger partial charge >= 0.3 is 0 Å². The van der Waals surface area contributed by atoms with Gasteiger partial charge in [-0.25, -0.2) is 0 Å². The Balaban J connectivity index is 2.82. The van der Waals surface area contributed by atoms with Crippen LogP contribution < -0.4 is 5.32 Å². The Morgan fingerprint density at radius 1 is 1.29 bits per heavy atom. The Morgan fingerprint density at radius 3 is 2.29 bits per heavy atom. The van der Waals surface area contributed by atoms with Crippen LogP contribution >= 0.6 is 0 Å². The van der Waals surface area contributed by atoms with Crippen LogP contribution in [0, 0.1) is 20.8 Å². The molecule has 0 saturated heterocycles. The van der Waals surface area contributed by atoms with Crippen molar-refractivity contribution in [2.45, 2.75) is 26.9 Å². The van der Waals surface area contributed by atoms with Crippen LogP contribution in [0.4, 0.5) is 0 Å². The minimum Gasteiger partial charge on any atom is -0.394 e. The normalized spacial score (nSPS) is 12.3. The maximum absolute atomic E-state index is 11.9. The Morgan fingerprint density at radius 2 is 1.82 bits per heavy atom. The molecule has 4 nitrogen and oxygen atoms in total. The van der Waals surface area contributed by atoms with E-state index in [0.717, 1.165) is 16.7 Å². The molecular formula is C13H19NO3. The number of carbonyl (C=O) groups excluding carboxylic acids is 1. The summed E-state index contributed by atoms with van der Waals surface area (Å²) in [4.78, 5) is 11.9. The zero-order valence-electron chi connectivity index (χ0n) is 10.4. The van der Waals surface area contributed by atoms with E-state index in [1.807, 2.05) is 32.9 Å². The predicted molar refractivity (Wildman–Crippen MR) is 66.1 cm³/mol. The lowest BCUT2D eigenvalue weighted by molar-refractivity contribution is 0.0801. The number of aliphatic hydroxyl groups excluding tert-OH is 2. The van der Waals surface area contributed by atoms with Crippen LogP contribution in [-0.2, 0) is 0 Å². The van der Waals surface area contributed by atoms with E-state index in [9.17, 15) is 9.90 Å². The van der Waals surface area contributed by atoms with Crippen LogP contribution in [0.5, 0.6) is 0 Å². The lowest BCUT2D eigenvalue weighted by Crippen LogP contribution is -2.34. The summed E-state index contributed by atoms with van der Waals surface area (Å²) in [6.45, 7) is 5.46. The van der Waals surface area contributed by atoms with Crippen LogP contribution in [-0.4, -0.2) is 35.4 Å². The summed E-state index contributed by atoms with van der Waals surface area (Å²) in [5, 5.41) is 20.4. The molecule has 0 aliphatic carbocycles. The molecule has 0 aliphatic heterocycles. The third-order valence-electron chi connectivity index (χ3n) is 2.61. The van der Waals surface area contributed by atoms with E-state index < -0.39 is 6.10 Å². The van der Waals surface area contributed by atoms with Gasteiger partial charge in [0.15, 0.2) is 0 Å². The van der Waals surface area contributed by atoms with Crippen LogP contribution in [0.15, 0.2) is 12.1 Å². The number of aryl methyl sites for hydroxylation is 3. The third-order valence-corrected chi connectivity index (χ3v) is 2.61. The maximum Gasteiger partial charge on any atom is 0.251 e. The molecule has 94 valence electrons. The zero-order chi connectivity index (χ0) is 13.0. The van der Waals surface area contributed by atoms with Crippen LogP contribution in [0.1, 0.15) is 27.0 Å². The summed E-state index contributed by atoms with van der Waals surface area (Å²) in [5.74, 6) is -0.215. The van der Waals surface area contributed by atoms with Crippen molar-refractivity contribution in [3.05, 3.63) is 34.4 Å². The standard InChI is InChI=1S/C13H19NO3/c1-8-4-9(2)12(10(3)5-8)13(17)14-6-11(16)7-15/h4-5,11,15-16H,6-7H2,1-3H3,(H,14,17). The fourth-order valence-corrected chi connectivity index (χ4v) is 1.90. The molecule has 0 heterocycles. The SMILES string of the molecule is Cc1cc(C)c(C(=O)NCC(O)CO)c(C)c1. The zero-order valence-corrected chi connectivity index (χ0v) is 10.4. The second-order valence-electron chi connectivity index (χ2n) is 4.32. The van der Waals surface area contributed by atoms with Gasteiger partial charge < -0.3 is 15.5 Å². The molecule has 3 N–H and O–H groups in total. The highest BCUT2D eigenvalue weighted by Crippen LogP contribution is 2.16. The molecule has 0 radical (unpaired) electrons. The first-order valence-corrected chi connectivity index (χ1v) is 5.60. The molecule has 0 fully saturated rings. The van der Waals surface area contributed by atoms with Gasteiger partial charge in [0.2, 0.25) is 0 Å². The smallest absolute Gasteiger partial charge is 0.251 e. The van der Waals surface area contributed by atoms with Gasteiger partial charge in [0, 0.05) is 12.1 Å². The monoisotopic (exact) mass is 237 g/mol. The van der Waals surface area contributed by atoms with Crippen molar-refractivity contribution >= 4 is 5.91 Å². The van der Waals surface area contributed by atoms with Crippen molar-refractivity contribution in [3.8, 4) is 0 Å². The molecule has 1 atom stereocenters. The van der Waals surface area contributed by atoms with Gasteiger partial charge in [-0.05, 0) is 31.9 Å². The van der Waals surface area contributed by atoms with Crippen LogP contribution in [0.2, 0.25) is 0 Å². The highest BCUT2D eigenvalue weighted by Gasteiger charge is 2.13. The molecule has 1 amide bonds. The Labute approximate surface area is 101 Å². The number of aliphatic hydroxyl groups is 2. The summed E-state index contributed by atoms with van der Waals surface area (Å²) in [5.41, 5.74) is 3.59. The average molecular weight is 237 g/mol. The number of rotatable bonds is 4. The first kappa shape index (κ1) is 13.7. The topological polar surface area (TPSA) is 69.6 Å². The Bertz CT molecular complexity index is 392. The first-order valence-electron chi connectivity index (χ1n) is 5.60. The highest BCUT2D eigenvalue weighted by molar-refractivity contribution is 5.97. The van der Waals surface area contributed by atoms with Crippen molar-refractivity contribution in [2.75, 3.05) is 13.2 Å². The van der Waals surface area contributed by atoms with Crippen molar-refractivity contribution < 1.29 is 15.0 Å². The second kappa shape index (κ2) is 5.80. The highest BCUT2D eigenvalue weighted by atomic mass is 16.3. The van der Waals surface area contributed by atoms with Gasteiger partial charge in [-0.2, -0.15) is 0 Å². The van der Waals surface area contributed by atoms with Gasteiger partial charge in [-0.15, -0.1) is 0 Å². The number of hydrogen-bond acceptors (Lipinski definition) is 3. The molecule has 4 heteroatoms. The molecule has 1 unspecified atom stereocenters. The van der Waals surface area contributed by atoms with Crippen molar-refractivity contribution in [2.24, 2.45) is 0 Å². The molecule has 0 bridgehead atoms. The van der Waals surface area contributed by atoms with Gasteiger partial charge in [-0.3, -0.25) is 4.79 Å². The van der Waals surface area contributed by atoms with Crippen LogP contribution in [0.3, 0.4) is 0 Å². The van der Waals surface area contributed by atoms with E-state index in [2.05, 4.69) is 5.32 Å². The second-order valence-corrected chi connectivity index (χ2v) is 4.32. The number of nitrogens with one attached hydrogen (secondary N) is 1. The molecule has 17 heavy (non-hydrogen) atoms. The minimum atomic E-state index is -0.912. The van der Waals surface area contributed by atoms with Crippen LogP contribution in [0.25, 0.3) is 0 Å². The summed E-state index contributed by atoms with van der Waals surface area (Å²) in [7, 11) is 0. The quantitative estimate of drug-likeness (QED) is 0.722. The molecule has 1 rings (SSSR count). The number of benzene rings is 1. The fourth-order valence-electron chi connectivity index (χ4n) is 1.90. The molecule has 0 saturated carbocycles. The van der Waals surface area contributed by atoms with E-state index >= 15 is 0 Å². The Hall–Kier alpha value is -1.39. The summed E-state index contributed by atoms with van der Waals surface area (Å²) in [6.07, 6.45) is -0.912. The molecule has 0 aromatic heterocycles. The van der Waals surface area contributed by atoms with Crippen molar-refractivity contribution in [1.82, 2.24) is 5.32 Å². The average Bonchev–Trinajstić information content (AvgIpc) is 2.24. The molecular weight excluding hydrogens is 218 g/mol. The van der Waals surface area contributed by atoms with Gasteiger partial charge in [0.25, 0.3) is 5.91 Å². The molecule has 0 spiro atoms. The van der Waals surface area contributed by atoms with E-state index in [1.54, 1.807) is 0 Å². The van der Waals surface area contributed by atoms with Gasteiger partial charge in [-0.1, -0.05) is 17.7 Å². The molecule has 0 aliphatic rings. The largest absolute Gasteiger partial charge is 0.394 e. The van der Waals surface area contributed by atoms with E-state index in [0.29, 0.717) is 5.56 Å². The van der Waals surface area contributed by atoms with Gasteiger partial charge in [0.1, 0.15) is 0 Å². The van der Waals surface area contributed by atoms with Crippen molar-refractivity contribution in [1.29, 1.82) is 0 Å². The number of carbonyl (C=O) groups is 1. The Kier molecular flexibility index (Phi) is 4.66. The van der Waals surface area contributed by atoms with Crippen molar-refractivity contribution in [3.63, 3.8) is 0 Å². The summed E-state index contributed by atoms with van der Waals surface area (Å²) in [6, 6.07) is 3.90. The lowest BCUT2D eigenvalue weighted by Gasteiger charge is -2.13. The lowest BCUT2D eigenvalue weighted by atomic mass is 9.99. The first-order chi connectivity index (χ1) is 7.95. The van der Waals surface area contributed by atoms with E-state index in [-0.39, 0.29) is 19.1 Å². The maximum atomic E-state index is 11.9.